The van der Waals surface area contributed by atoms with Crippen molar-refractivity contribution in [2.45, 2.75) is 58.0 Å². The van der Waals surface area contributed by atoms with Crippen molar-refractivity contribution in [3.8, 4) is 0 Å². The van der Waals surface area contributed by atoms with Crippen LogP contribution in [0.2, 0.25) is 0 Å². The van der Waals surface area contributed by atoms with E-state index in [4.69, 9.17) is 4.74 Å². The normalized spacial score (nSPS) is 24.7. The molecule has 6 heteroatoms. The molecule has 124 valence electrons. The van der Waals surface area contributed by atoms with Gasteiger partial charge in [0, 0.05) is 0 Å². The minimum atomic E-state index is -0.923. The van der Waals surface area contributed by atoms with Gasteiger partial charge in [0.2, 0.25) is 0 Å². The number of thiazole rings is 1. The number of rotatable bonds is 6. The molecule has 1 aromatic rings. The maximum absolute atomic E-state index is 12.0. The van der Waals surface area contributed by atoms with Crippen LogP contribution in [0.3, 0.4) is 0 Å². The van der Waals surface area contributed by atoms with Gasteiger partial charge in [-0.1, -0.05) is 13.3 Å². The number of esters is 1. The van der Waals surface area contributed by atoms with E-state index in [1.807, 2.05) is 6.92 Å². The molecule has 1 aliphatic carbocycles. The zero-order valence-corrected chi connectivity index (χ0v) is 15.6. The maximum Gasteiger partial charge on any atom is 0.308 e. The van der Waals surface area contributed by atoms with Crippen LogP contribution in [0.1, 0.15) is 57.4 Å². The summed E-state index contributed by atoms with van der Waals surface area (Å²) in [5.41, 5.74) is -0.923. The Morgan fingerprint density at radius 3 is 2.73 bits per heavy atom. The summed E-state index contributed by atoms with van der Waals surface area (Å²) in [6.45, 7) is 4.45. The smallest absolute Gasteiger partial charge is 0.308 e. The highest BCUT2D eigenvalue weighted by molar-refractivity contribution is 9.11. The second-order valence-corrected chi connectivity index (χ2v) is 8.60. The molecule has 1 N–H and O–H groups in total. The van der Waals surface area contributed by atoms with Gasteiger partial charge < -0.3 is 9.84 Å². The fraction of sp³-hybridized carbons (Fsp3) is 0.750. The molecule has 2 rings (SSSR count). The summed E-state index contributed by atoms with van der Waals surface area (Å²) in [5.74, 6) is 0.0701. The first kappa shape index (κ1) is 17.9. The first-order valence-corrected chi connectivity index (χ1v) is 9.57. The summed E-state index contributed by atoms with van der Waals surface area (Å²) in [7, 11) is 0. The molecule has 0 spiro atoms. The van der Waals surface area contributed by atoms with Crippen LogP contribution >= 0.6 is 27.3 Å². The number of halogens is 1. The Balaban J connectivity index is 1.87. The van der Waals surface area contributed by atoms with Crippen molar-refractivity contribution in [3.63, 3.8) is 0 Å². The van der Waals surface area contributed by atoms with Crippen molar-refractivity contribution >= 4 is 33.2 Å². The first-order valence-electron chi connectivity index (χ1n) is 7.96. The molecule has 1 aromatic heterocycles. The Labute approximate surface area is 144 Å². The standard InChI is InChI=1S/C16H24BrNO3S/c1-3-4-9-21-14(19)11-5-7-12(8-6-11)16(2,20)15-18-10-13(17)22-15/h10-12,20H,3-9H2,1-2H3. The van der Waals surface area contributed by atoms with E-state index in [1.54, 1.807) is 6.20 Å². The highest BCUT2D eigenvalue weighted by atomic mass is 79.9. The lowest BCUT2D eigenvalue weighted by Crippen LogP contribution is -2.36. The van der Waals surface area contributed by atoms with Crippen LogP contribution in [-0.4, -0.2) is 22.7 Å². The van der Waals surface area contributed by atoms with Crippen molar-refractivity contribution < 1.29 is 14.6 Å². The van der Waals surface area contributed by atoms with Gasteiger partial charge in [-0.2, -0.15) is 0 Å². The predicted molar refractivity (Wildman–Crippen MR) is 90.7 cm³/mol. The number of aromatic nitrogens is 1. The van der Waals surface area contributed by atoms with Gasteiger partial charge in [-0.15, -0.1) is 11.3 Å². The van der Waals surface area contributed by atoms with Crippen LogP contribution in [0, 0.1) is 11.8 Å². The van der Waals surface area contributed by atoms with Gasteiger partial charge in [0.1, 0.15) is 10.6 Å². The van der Waals surface area contributed by atoms with E-state index in [9.17, 15) is 9.90 Å². The molecule has 1 aliphatic rings. The molecule has 1 atom stereocenters. The third-order valence-corrected chi connectivity index (χ3v) is 6.21. The number of carbonyl (C=O) groups excluding carboxylic acids is 1. The second kappa shape index (κ2) is 7.88. The molecule has 1 saturated carbocycles. The Kier molecular flexibility index (Phi) is 6.41. The molecule has 4 nitrogen and oxygen atoms in total. The van der Waals surface area contributed by atoms with Crippen LogP contribution in [0.4, 0.5) is 0 Å². The number of aliphatic hydroxyl groups is 1. The van der Waals surface area contributed by atoms with E-state index < -0.39 is 5.60 Å². The number of unbranched alkanes of at least 4 members (excludes halogenated alkanes) is 1. The van der Waals surface area contributed by atoms with Crippen molar-refractivity contribution in [2.75, 3.05) is 6.61 Å². The zero-order valence-electron chi connectivity index (χ0n) is 13.2. The lowest BCUT2D eigenvalue weighted by Gasteiger charge is -2.36. The molecule has 0 saturated heterocycles. The SMILES string of the molecule is CCCCOC(=O)C1CCC(C(C)(O)c2ncc(Br)s2)CC1. The molecular weight excluding hydrogens is 366 g/mol. The Morgan fingerprint density at radius 2 is 2.18 bits per heavy atom. The van der Waals surface area contributed by atoms with Crippen LogP contribution in [-0.2, 0) is 15.1 Å². The third kappa shape index (κ3) is 4.30. The number of hydrogen-bond acceptors (Lipinski definition) is 5. The largest absolute Gasteiger partial charge is 0.465 e. The van der Waals surface area contributed by atoms with Crippen molar-refractivity contribution in [2.24, 2.45) is 11.8 Å². The monoisotopic (exact) mass is 389 g/mol. The van der Waals surface area contributed by atoms with E-state index in [1.165, 1.54) is 11.3 Å². The average Bonchev–Trinajstić information content (AvgIpc) is 2.95. The second-order valence-electron chi connectivity index (χ2n) is 6.19. The fourth-order valence-electron chi connectivity index (χ4n) is 2.99. The Hall–Kier alpha value is -0.460. The van der Waals surface area contributed by atoms with Gasteiger partial charge in [0.05, 0.1) is 22.5 Å². The summed E-state index contributed by atoms with van der Waals surface area (Å²) in [6, 6.07) is 0. The van der Waals surface area contributed by atoms with Gasteiger partial charge in [0.25, 0.3) is 0 Å². The summed E-state index contributed by atoms with van der Waals surface area (Å²) >= 11 is 4.86. The van der Waals surface area contributed by atoms with Gasteiger partial charge in [0.15, 0.2) is 0 Å². The van der Waals surface area contributed by atoms with Crippen LogP contribution in [0.25, 0.3) is 0 Å². The van der Waals surface area contributed by atoms with Crippen LogP contribution in [0.15, 0.2) is 9.98 Å². The van der Waals surface area contributed by atoms with Crippen molar-refractivity contribution in [1.29, 1.82) is 0 Å². The molecule has 22 heavy (non-hydrogen) atoms. The lowest BCUT2D eigenvalue weighted by atomic mass is 9.74. The van der Waals surface area contributed by atoms with E-state index in [-0.39, 0.29) is 17.8 Å². The van der Waals surface area contributed by atoms with Gasteiger partial charge in [-0.3, -0.25) is 4.79 Å². The van der Waals surface area contributed by atoms with Crippen LogP contribution in [0.5, 0.6) is 0 Å². The third-order valence-electron chi connectivity index (χ3n) is 4.51. The molecule has 1 heterocycles. The fourth-order valence-corrected chi connectivity index (χ4v) is 4.32. The molecular formula is C16H24BrNO3S. The van der Waals surface area contributed by atoms with Gasteiger partial charge >= 0.3 is 5.97 Å². The number of ether oxygens (including phenoxy) is 1. The quantitative estimate of drug-likeness (QED) is 0.582. The Morgan fingerprint density at radius 1 is 1.50 bits per heavy atom. The van der Waals surface area contributed by atoms with Gasteiger partial charge in [-0.05, 0) is 60.9 Å². The van der Waals surface area contributed by atoms with Gasteiger partial charge in [-0.25, -0.2) is 4.98 Å². The van der Waals surface area contributed by atoms with Crippen molar-refractivity contribution in [3.05, 3.63) is 15.0 Å². The molecule has 0 aliphatic heterocycles. The molecule has 0 amide bonds. The summed E-state index contributed by atoms with van der Waals surface area (Å²) in [5, 5.41) is 11.6. The van der Waals surface area contributed by atoms with E-state index in [0.717, 1.165) is 47.3 Å². The first-order chi connectivity index (χ1) is 10.4. The highest BCUT2D eigenvalue weighted by Crippen LogP contribution is 2.42. The summed E-state index contributed by atoms with van der Waals surface area (Å²) in [4.78, 5) is 16.3. The molecule has 1 unspecified atom stereocenters. The number of carbonyl (C=O) groups is 1. The zero-order chi connectivity index (χ0) is 16.2. The highest BCUT2D eigenvalue weighted by Gasteiger charge is 2.40. The summed E-state index contributed by atoms with van der Waals surface area (Å²) < 4.78 is 6.24. The van der Waals surface area contributed by atoms with E-state index in [0.29, 0.717) is 6.61 Å². The van der Waals surface area contributed by atoms with E-state index in [2.05, 4.69) is 27.8 Å². The number of hydrogen-bond donors (Lipinski definition) is 1. The lowest BCUT2D eigenvalue weighted by molar-refractivity contribution is -0.151. The van der Waals surface area contributed by atoms with Crippen molar-refractivity contribution in [1.82, 2.24) is 4.98 Å². The number of nitrogens with zero attached hydrogens (tertiary/aromatic N) is 1. The molecule has 0 bridgehead atoms. The molecule has 0 aromatic carbocycles. The summed E-state index contributed by atoms with van der Waals surface area (Å²) in [6.07, 6.45) is 6.93. The minimum Gasteiger partial charge on any atom is -0.465 e. The van der Waals surface area contributed by atoms with Crippen LogP contribution < -0.4 is 0 Å². The topological polar surface area (TPSA) is 59.4 Å². The average molecular weight is 390 g/mol. The maximum atomic E-state index is 12.0. The molecule has 1 fully saturated rings. The Bertz CT molecular complexity index is 495. The predicted octanol–water partition coefficient (Wildman–Crippen LogP) is 4.26. The minimum absolute atomic E-state index is 0.00747. The van der Waals surface area contributed by atoms with E-state index >= 15 is 0 Å². The molecule has 0 radical (unpaired) electrons.